The molecule has 7 heteroatoms. The first-order valence-corrected chi connectivity index (χ1v) is 9.42. The van der Waals surface area contributed by atoms with E-state index in [1.165, 1.54) is 6.26 Å². The van der Waals surface area contributed by atoms with Crippen molar-refractivity contribution in [1.82, 2.24) is 9.97 Å². The molecule has 2 heterocycles. The molecule has 0 radical (unpaired) electrons. The van der Waals surface area contributed by atoms with Gasteiger partial charge in [0.05, 0.1) is 16.3 Å². The van der Waals surface area contributed by atoms with Crippen LogP contribution in [0, 0.1) is 0 Å². The molecule has 122 valence electrons. The number of nitrogens with zero attached hydrogens (tertiary/aromatic N) is 1. The van der Waals surface area contributed by atoms with E-state index in [9.17, 15) is 8.42 Å². The van der Waals surface area contributed by atoms with Crippen molar-refractivity contribution in [2.75, 3.05) is 11.6 Å². The number of hydrogen-bond donors (Lipinski definition) is 2. The van der Waals surface area contributed by atoms with E-state index in [0.717, 1.165) is 5.39 Å². The van der Waals surface area contributed by atoms with Crippen molar-refractivity contribution in [3.63, 3.8) is 0 Å². The summed E-state index contributed by atoms with van der Waals surface area (Å²) < 4.78 is 23.7. The number of pyridine rings is 1. The molecule has 1 aromatic carbocycles. The fourth-order valence-corrected chi connectivity index (χ4v) is 3.19. The molecule has 5 nitrogen and oxygen atoms in total. The number of benzene rings is 1. The Hall–Kier alpha value is -2.05. The molecule has 0 unspecified atom stereocenters. The molecule has 23 heavy (non-hydrogen) atoms. The average Bonchev–Trinajstić information content (AvgIpc) is 2.97. The highest BCUT2D eigenvalue weighted by atomic mass is 35.5. The molecule has 0 atom stereocenters. The number of nitrogens with one attached hydrogen (secondary N) is 2. The Morgan fingerprint density at radius 1 is 1.13 bits per heavy atom. The number of H-pyrrole nitrogens is 1. The van der Waals surface area contributed by atoms with Gasteiger partial charge in [-0.3, -0.25) is 0 Å². The first-order valence-electron chi connectivity index (χ1n) is 7.15. The van der Waals surface area contributed by atoms with Crippen molar-refractivity contribution in [1.29, 1.82) is 0 Å². The molecular weight excluding hydrogens is 334 g/mol. The molecule has 0 aliphatic carbocycles. The number of halogens is 1. The molecule has 0 saturated carbocycles. The largest absolute Gasteiger partial charge is 0.354 e. The van der Waals surface area contributed by atoms with E-state index in [1.54, 1.807) is 36.5 Å². The van der Waals surface area contributed by atoms with Crippen LogP contribution in [0.2, 0.25) is 5.15 Å². The van der Waals surface area contributed by atoms with Crippen LogP contribution in [0.15, 0.2) is 47.5 Å². The van der Waals surface area contributed by atoms with Gasteiger partial charge in [-0.05, 0) is 24.3 Å². The number of fused-ring (bicyclic) bond motifs is 1. The van der Waals surface area contributed by atoms with Crippen molar-refractivity contribution in [2.45, 2.75) is 18.7 Å². The van der Waals surface area contributed by atoms with Crippen LogP contribution in [0.4, 0.5) is 11.4 Å². The monoisotopic (exact) mass is 351 g/mol. The summed E-state index contributed by atoms with van der Waals surface area (Å²) in [6.07, 6.45) is 2.93. The Morgan fingerprint density at radius 3 is 2.52 bits per heavy atom. The van der Waals surface area contributed by atoms with Gasteiger partial charge in [0.15, 0.2) is 9.84 Å². The van der Waals surface area contributed by atoms with Crippen molar-refractivity contribution in [2.24, 2.45) is 0 Å². The SMILES string of the molecule is CC.CS(=O)(=O)c1ccccc1Nc1cc(Cl)nc2[nH]ccc12. The molecule has 2 N–H and O–H groups in total. The van der Waals surface area contributed by atoms with Crippen LogP contribution in [0.5, 0.6) is 0 Å². The highest BCUT2D eigenvalue weighted by Crippen LogP contribution is 2.30. The van der Waals surface area contributed by atoms with Gasteiger partial charge in [-0.25, -0.2) is 13.4 Å². The van der Waals surface area contributed by atoms with Gasteiger partial charge < -0.3 is 10.3 Å². The fourth-order valence-electron chi connectivity index (χ4n) is 2.15. The molecule has 0 saturated heterocycles. The maximum atomic E-state index is 11.8. The zero-order chi connectivity index (χ0) is 17.0. The van der Waals surface area contributed by atoms with Crippen LogP contribution < -0.4 is 5.32 Å². The van der Waals surface area contributed by atoms with E-state index >= 15 is 0 Å². The molecular formula is C16H18ClN3O2S. The van der Waals surface area contributed by atoms with Crippen molar-refractivity contribution in [3.05, 3.63) is 47.7 Å². The minimum atomic E-state index is -3.32. The number of para-hydroxylation sites is 1. The molecule has 0 aliphatic heterocycles. The zero-order valence-corrected chi connectivity index (χ0v) is 14.7. The summed E-state index contributed by atoms with van der Waals surface area (Å²) in [6.45, 7) is 4.00. The Kier molecular flexibility index (Phi) is 5.28. The lowest BCUT2D eigenvalue weighted by Crippen LogP contribution is -2.02. The van der Waals surface area contributed by atoms with Crippen LogP contribution >= 0.6 is 11.6 Å². The topological polar surface area (TPSA) is 74.8 Å². The normalized spacial score (nSPS) is 11.0. The van der Waals surface area contributed by atoms with E-state index in [4.69, 9.17) is 11.6 Å². The molecule has 0 spiro atoms. The summed E-state index contributed by atoms with van der Waals surface area (Å²) in [5.41, 5.74) is 1.84. The number of rotatable bonds is 3. The lowest BCUT2D eigenvalue weighted by atomic mass is 10.2. The fraction of sp³-hybridized carbons (Fsp3) is 0.188. The van der Waals surface area contributed by atoms with Crippen LogP contribution in [0.3, 0.4) is 0 Å². The number of anilines is 2. The Labute approximate surface area is 140 Å². The maximum absolute atomic E-state index is 11.8. The Morgan fingerprint density at radius 2 is 1.83 bits per heavy atom. The quantitative estimate of drug-likeness (QED) is 0.686. The standard InChI is InChI=1S/C14H12ClN3O2S.C2H6/c1-21(19,20)12-5-3-2-4-10(12)17-11-8-13(15)18-14-9(11)6-7-16-14;1-2/h2-8H,1H3,(H2,16,17,18);1-2H3. The third kappa shape index (κ3) is 3.83. The second kappa shape index (κ2) is 7.02. The number of aromatic nitrogens is 2. The molecule has 0 bridgehead atoms. The van der Waals surface area contributed by atoms with Crippen molar-refractivity contribution < 1.29 is 8.42 Å². The maximum Gasteiger partial charge on any atom is 0.177 e. The van der Waals surface area contributed by atoms with E-state index in [1.807, 2.05) is 19.9 Å². The molecule has 0 fully saturated rings. The van der Waals surface area contributed by atoms with Gasteiger partial charge in [0.1, 0.15) is 10.8 Å². The third-order valence-electron chi connectivity index (χ3n) is 3.05. The van der Waals surface area contributed by atoms with Crippen LogP contribution in [-0.2, 0) is 9.84 Å². The van der Waals surface area contributed by atoms with E-state index in [2.05, 4.69) is 15.3 Å². The van der Waals surface area contributed by atoms with Gasteiger partial charge in [-0.1, -0.05) is 37.6 Å². The number of hydrogen-bond acceptors (Lipinski definition) is 4. The lowest BCUT2D eigenvalue weighted by Gasteiger charge is -2.11. The van der Waals surface area contributed by atoms with Crippen LogP contribution in [-0.4, -0.2) is 24.6 Å². The van der Waals surface area contributed by atoms with Gasteiger partial charge in [0.25, 0.3) is 0 Å². The molecule has 3 aromatic rings. The summed E-state index contributed by atoms with van der Waals surface area (Å²) in [5.74, 6) is 0. The predicted octanol–water partition coefficient (Wildman–Crippen LogP) is 4.39. The second-order valence-electron chi connectivity index (χ2n) is 4.63. The average molecular weight is 352 g/mol. The van der Waals surface area contributed by atoms with Crippen molar-refractivity contribution in [3.8, 4) is 0 Å². The van der Waals surface area contributed by atoms with Gasteiger partial charge in [0.2, 0.25) is 0 Å². The highest BCUT2D eigenvalue weighted by molar-refractivity contribution is 7.90. The zero-order valence-electron chi connectivity index (χ0n) is 13.1. The first-order chi connectivity index (χ1) is 10.9. The summed E-state index contributed by atoms with van der Waals surface area (Å²) in [7, 11) is -3.32. The summed E-state index contributed by atoms with van der Waals surface area (Å²) >= 11 is 5.99. The highest BCUT2D eigenvalue weighted by Gasteiger charge is 2.14. The number of aromatic amines is 1. The minimum Gasteiger partial charge on any atom is -0.354 e. The molecule has 3 rings (SSSR count). The van der Waals surface area contributed by atoms with Crippen LogP contribution in [0.1, 0.15) is 13.8 Å². The van der Waals surface area contributed by atoms with Crippen LogP contribution in [0.25, 0.3) is 11.0 Å². The third-order valence-corrected chi connectivity index (χ3v) is 4.40. The van der Waals surface area contributed by atoms with E-state index in [-0.39, 0.29) is 4.90 Å². The Balaban J connectivity index is 0.000000924. The minimum absolute atomic E-state index is 0.238. The van der Waals surface area contributed by atoms with E-state index in [0.29, 0.717) is 22.2 Å². The van der Waals surface area contributed by atoms with Gasteiger partial charge in [-0.2, -0.15) is 0 Å². The second-order valence-corrected chi connectivity index (χ2v) is 7.00. The lowest BCUT2D eigenvalue weighted by molar-refractivity contribution is 0.602. The molecule has 0 amide bonds. The summed E-state index contributed by atoms with van der Waals surface area (Å²) in [5, 5.41) is 4.28. The summed E-state index contributed by atoms with van der Waals surface area (Å²) in [4.78, 5) is 7.38. The van der Waals surface area contributed by atoms with Gasteiger partial charge in [-0.15, -0.1) is 0 Å². The summed E-state index contributed by atoms with van der Waals surface area (Å²) in [6, 6.07) is 10.2. The van der Waals surface area contributed by atoms with E-state index < -0.39 is 9.84 Å². The van der Waals surface area contributed by atoms with Gasteiger partial charge in [0, 0.05) is 17.8 Å². The molecule has 2 aromatic heterocycles. The molecule has 0 aliphatic rings. The predicted molar refractivity (Wildman–Crippen MR) is 95.3 cm³/mol. The van der Waals surface area contributed by atoms with Crippen molar-refractivity contribution >= 4 is 43.8 Å². The first kappa shape index (κ1) is 17.3. The number of sulfone groups is 1. The van der Waals surface area contributed by atoms with Gasteiger partial charge >= 0.3 is 0 Å². The Bertz CT molecular complexity index is 920. The smallest absolute Gasteiger partial charge is 0.177 e.